The van der Waals surface area contributed by atoms with Gasteiger partial charge in [-0.1, -0.05) is 6.92 Å². The van der Waals surface area contributed by atoms with E-state index in [1.165, 1.54) is 7.11 Å². The first-order valence-electron chi connectivity index (χ1n) is 7.51. The molecule has 0 aromatic heterocycles. The molecule has 1 saturated heterocycles. The fraction of sp³-hybridized carbons (Fsp3) is 0.867. The van der Waals surface area contributed by atoms with Gasteiger partial charge in [-0.25, -0.2) is 4.79 Å². The number of methoxy groups -OCH3 is 1. The standard InChI is InChI=1S/C15H28N2O4/c1-12(13(18)20-5)11-16-7-6-8-17(10-9-16)14(19)21-15(2,3)4/h12H,6-11H2,1-5H3. The molecule has 1 heterocycles. The molecule has 1 unspecified atom stereocenters. The molecule has 1 aliphatic rings. The highest BCUT2D eigenvalue weighted by molar-refractivity contribution is 5.72. The Kier molecular flexibility index (Phi) is 6.45. The van der Waals surface area contributed by atoms with E-state index in [-0.39, 0.29) is 18.0 Å². The maximum Gasteiger partial charge on any atom is 0.410 e. The lowest BCUT2D eigenvalue weighted by Gasteiger charge is -2.26. The number of hydrogen-bond donors (Lipinski definition) is 0. The van der Waals surface area contributed by atoms with Crippen molar-refractivity contribution < 1.29 is 19.1 Å². The molecule has 0 aliphatic carbocycles. The van der Waals surface area contributed by atoms with Crippen molar-refractivity contribution in [2.45, 2.75) is 39.7 Å². The van der Waals surface area contributed by atoms with E-state index in [1.54, 1.807) is 4.90 Å². The van der Waals surface area contributed by atoms with Crippen molar-refractivity contribution in [2.75, 3.05) is 39.8 Å². The van der Waals surface area contributed by atoms with Crippen molar-refractivity contribution in [3.05, 3.63) is 0 Å². The Morgan fingerprint density at radius 2 is 1.81 bits per heavy atom. The predicted octanol–water partition coefficient (Wildman–Crippen LogP) is 1.74. The van der Waals surface area contributed by atoms with Gasteiger partial charge in [0.1, 0.15) is 5.60 Å². The number of esters is 1. The minimum Gasteiger partial charge on any atom is -0.469 e. The number of ether oxygens (including phenoxy) is 2. The smallest absolute Gasteiger partial charge is 0.410 e. The Morgan fingerprint density at radius 3 is 2.38 bits per heavy atom. The second kappa shape index (κ2) is 7.64. The van der Waals surface area contributed by atoms with Crippen LogP contribution < -0.4 is 0 Å². The third-order valence-corrected chi connectivity index (χ3v) is 3.38. The Bertz CT molecular complexity index is 365. The maximum absolute atomic E-state index is 12.1. The molecule has 0 aromatic carbocycles. The van der Waals surface area contributed by atoms with Crippen LogP contribution in [0.5, 0.6) is 0 Å². The molecule has 1 rings (SSSR count). The van der Waals surface area contributed by atoms with Gasteiger partial charge in [-0.05, 0) is 33.7 Å². The van der Waals surface area contributed by atoms with E-state index in [9.17, 15) is 9.59 Å². The van der Waals surface area contributed by atoms with Gasteiger partial charge in [0.2, 0.25) is 0 Å². The summed E-state index contributed by atoms with van der Waals surface area (Å²) in [5.41, 5.74) is -0.470. The molecule has 1 atom stereocenters. The Labute approximate surface area is 127 Å². The lowest BCUT2D eigenvalue weighted by molar-refractivity contribution is -0.145. The summed E-state index contributed by atoms with van der Waals surface area (Å²) >= 11 is 0. The molecule has 6 heteroatoms. The van der Waals surface area contributed by atoms with Crippen molar-refractivity contribution >= 4 is 12.1 Å². The van der Waals surface area contributed by atoms with E-state index >= 15 is 0 Å². The van der Waals surface area contributed by atoms with Gasteiger partial charge < -0.3 is 19.3 Å². The summed E-state index contributed by atoms with van der Waals surface area (Å²) in [5.74, 6) is -0.341. The molecule has 122 valence electrons. The summed E-state index contributed by atoms with van der Waals surface area (Å²) in [6.45, 7) is 11.1. The maximum atomic E-state index is 12.1. The molecule has 0 saturated carbocycles. The van der Waals surface area contributed by atoms with E-state index in [4.69, 9.17) is 9.47 Å². The predicted molar refractivity (Wildman–Crippen MR) is 80.0 cm³/mol. The molecule has 0 N–H and O–H groups in total. The molecular weight excluding hydrogens is 272 g/mol. The van der Waals surface area contributed by atoms with Gasteiger partial charge in [0.05, 0.1) is 13.0 Å². The lowest BCUT2D eigenvalue weighted by Crippen LogP contribution is -2.40. The van der Waals surface area contributed by atoms with Crippen LogP contribution in [0.1, 0.15) is 34.1 Å². The Morgan fingerprint density at radius 1 is 1.14 bits per heavy atom. The summed E-state index contributed by atoms with van der Waals surface area (Å²) in [7, 11) is 1.41. The highest BCUT2D eigenvalue weighted by Crippen LogP contribution is 2.13. The average Bonchev–Trinajstić information content (AvgIpc) is 2.61. The number of amides is 1. The topological polar surface area (TPSA) is 59.1 Å². The quantitative estimate of drug-likeness (QED) is 0.743. The zero-order valence-electron chi connectivity index (χ0n) is 13.8. The number of nitrogens with zero attached hydrogens (tertiary/aromatic N) is 2. The number of rotatable bonds is 3. The summed E-state index contributed by atoms with van der Waals surface area (Å²) < 4.78 is 10.1. The molecule has 0 spiro atoms. The van der Waals surface area contributed by atoms with Crippen molar-refractivity contribution in [1.29, 1.82) is 0 Å². The largest absolute Gasteiger partial charge is 0.469 e. The summed E-state index contributed by atoms with van der Waals surface area (Å²) in [4.78, 5) is 27.5. The van der Waals surface area contributed by atoms with Crippen LogP contribution in [0.15, 0.2) is 0 Å². The summed E-state index contributed by atoms with van der Waals surface area (Å²) in [5, 5.41) is 0. The van der Waals surface area contributed by atoms with Crippen molar-refractivity contribution in [2.24, 2.45) is 5.92 Å². The normalized spacial score (nSPS) is 18.8. The van der Waals surface area contributed by atoms with E-state index in [2.05, 4.69) is 4.90 Å². The Balaban J connectivity index is 2.47. The third-order valence-electron chi connectivity index (χ3n) is 3.38. The van der Waals surface area contributed by atoms with Crippen LogP contribution in [0.2, 0.25) is 0 Å². The van der Waals surface area contributed by atoms with Crippen molar-refractivity contribution in [1.82, 2.24) is 9.80 Å². The van der Waals surface area contributed by atoms with Gasteiger partial charge in [0, 0.05) is 26.2 Å². The molecule has 0 bridgehead atoms. The molecule has 21 heavy (non-hydrogen) atoms. The van der Waals surface area contributed by atoms with E-state index in [0.717, 1.165) is 19.5 Å². The molecule has 0 aromatic rings. The fourth-order valence-electron chi connectivity index (χ4n) is 2.33. The Hall–Kier alpha value is -1.30. The van der Waals surface area contributed by atoms with Crippen LogP contribution in [-0.4, -0.2) is 67.3 Å². The van der Waals surface area contributed by atoms with Gasteiger partial charge in [-0.15, -0.1) is 0 Å². The fourth-order valence-corrected chi connectivity index (χ4v) is 2.33. The second-order valence-electron chi connectivity index (χ2n) is 6.55. The first kappa shape index (κ1) is 17.8. The second-order valence-corrected chi connectivity index (χ2v) is 6.55. The van der Waals surface area contributed by atoms with Crippen LogP contribution in [0.25, 0.3) is 0 Å². The lowest BCUT2D eigenvalue weighted by atomic mass is 10.1. The molecule has 0 radical (unpaired) electrons. The summed E-state index contributed by atoms with van der Waals surface area (Å²) in [6.07, 6.45) is 0.623. The van der Waals surface area contributed by atoms with E-state index in [1.807, 2.05) is 27.7 Å². The number of carbonyl (C=O) groups is 2. The van der Waals surface area contributed by atoms with Gasteiger partial charge in [0.25, 0.3) is 0 Å². The molecule has 6 nitrogen and oxygen atoms in total. The van der Waals surface area contributed by atoms with Gasteiger partial charge >= 0.3 is 12.1 Å². The SMILES string of the molecule is COC(=O)C(C)CN1CCCN(C(=O)OC(C)(C)C)CC1. The monoisotopic (exact) mass is 300 g/mol. The van der Waals surface area contributed by atoms with Crippen LogP contribution in [0.3, 0.4) is 0 Å². The minimum atomic E-state index is -0.470. The first-order chi connectivity index (χ1) is 9.73. The van der Waals surface area contributed by atoms with Crippen LogP contribution in [0.4, 0.5) is 4.79 Å². The van der Waals surface area contributed by atoms with Gasteiger partial charge in [-0.2, -0.15) is 0 Å². The third kappa shape index (κ3) is 6.33. The van der Waals surface area contributed by atoms with Crippen molar-refractivity contribution in [3.8, 4) is 0 Å². The van der Waals surface area contributed by atoms with Crippen molar-refractivity contribution in [3.63, 3.8) is 0 Å². The number of hydrogen-bond acceptors (Lipinski definition) is 5. The number of carbonyl (C=O) groups excluding carboxylic acids is 2. The molecule has 1 fully saturated rings. The van der Waals surface area contributed by atoms with E-state index < -0.39 is 5.60 Å². The van der Waals surface area contributed by atoms with Crippen LogP contribution in [-0.2, 0) is 14.3 Å². The summed E-state index contributed by atoms with van der Waals surface area (Å²) in [6, 6.07) is 0. The first-order valence-corrected chi connectivity index (χ1v) is 7.51. The molecule has 1 aliphatic heterocycles. The van der Waals surface area contributed by atoms with Gasteiger partial charge in [-0.3, -0.25) is 4.79 Å². The molecular formula is C15H28N2O4. The average molecular weight is 300 g/mol. The zero-order chi connectivity index (χ0) is 16.0. The highest BCUT2D eigenvalue weighted by atomic mass is 16.6. The highest BCUT2D eigenvalue weighted by Gasteiger charge is 2.25. The molecule has 1 amide bonds. The van der Waals surface area contributed by atoms with Crippen LogP contribution >= 0.6 is 0 Å². The van der Waals surface area contributed by atoms with Crippen LogP contribution in [0, 0.1) is 5.92 Å². The minimum absolute atomic E-state index is 0.150. The van der Waals surface area contributed by atoms with E-state index in [0.29, 0.717) is 19.6 Å². The van der Waals surface area contributed by atoms with Gasteiger partial charge in [0.15, 0.2) is 0 Å². The zero-order valence-corrected chi connectivity index (χ0v) is 13.8.